The van der Waals surface area contributed by atoms with Crippen LogP contribution in [0.2, 0.25) is 0 Å². The third-order valence-electron chi connectivity index (χ3n) is 4.48. The molecule has 7 heteroatoms. The topological polar surface area (TPSA) is 96.9 Å². The van der Waals surface area contributed by atoms with Crippen LogP contribution in [-0.2, 0) is 9.59 Å². The number of rotatable bonds is 6. The highest BCUT2D eigenvalue weighted by Gasteiger charge is 2.18. The molecule has 0 fully saturated rings. The summed E-state index contributed by atoms with van der Waals surface area (Å²) in [6.07, 6.45) is -0.942. The molecule has 7 nitrogen and oxygen atoms in total. The minimum Gasteiger partial charge on any atom is -0.497 e. The van der Waals surface area contributed by atoms with Gasteiger partial charge < -0.3 is 25.2 Å². The molecule has 3 aromatic carbocycles. The molecule has 0 aliphatic carbocycles. The van der Waals surface area contributed by atoms with Crippen molar-refractivity contribution < 1.29 is 24.2 Å². The Labute approximate surface area is 168 Å². The van der Waals surface area contributed by atoms with E-state index in [1.54, 1.807) is 24.3 Å². The van der Waals surface area contributed by atoms with E-state index in [0.717, 1.165) is 10.8 Å². The number of fused-ring (bicyclic) bond motifs is 1. The Balaban J connectivity index is 1.61. The van der Waals surface area contributed by atoms with Gasteiger partial charge in [0, 0.05) is 12.6 Å². The largest absolute Gasteiger partial charge is 0.497 e. The van der Waals surface area contributed by atoms with Gasteiger partial charge in [0.25, 0.3) is 0 Å². The average molecular weight is 394 g/mol. The molecule has 0 aromatic heterocycles. The minimum absolute atomic E-state index is 0.0974. The summed E-state index contributed by atoms with van der Waals surface area (Å²) in [6.45, 7) is -0.0974. The number of amides is 2. The summed E-state index contributed by atoms with van der Waals surface area (Å²) < 4.78 is 10.3. The van der Waals surface area contributed by atoms with E-state index >= 15 is 0 Å². The Morgan fingerprint density at radius 1 is 0.931 bits per heavy atom. The lowest BCUT2D eigenvalue weighted by atomic mass is 10.0. The molecule has 1 unspecified atom stereocenters. The van der Waals surface area contributed by atoms with Crippen molar-refractivity contribution >= 4 is 28.3 Å². The van der Waals surface area contributed by atoms with Crippen molar-refractivity contribution in [2.75, 3.05) is 26.1 Å². The zero-order chi connectivity index (χ0) is 20.8. The van der Waals surface area contributed by atoms with Crippen LogP contribution in [0.5, 0.6) is 11.5 Å². The summed E-state index contributed by atoms with van der Waals surface area (Å²) in [4.78, 5) is 24.3. The van der Waals surface area contributed by atoms with Gasteiger partial charge in [-0.2, -0.15) is 0 Å². The maximum atomic E-state index is 12.2. The predicted octanol–water partition coefficient (Wildman–Crippen LogP) is 2.65. The molecule has 2 amide bonds. The van der Waals surface area contributed by atoms with Gasteiger partial charge in [0.05, 0.1) is 26.0 Å². The Kier molecular flexibility index (Phi) is 6.31. The van der Waals surface area contributed by atoms with E-state index in [0.29, 0.717) is 22.7 Å². The summed E-state index contributed by atoms with van der Waals surface area (Å²) in [6, 6.07) is 18.2. The smallest absolute Gasteiger partial charge is 0.313 e. The molecule has 1 atom stereocenters. The van der Waals surface area contributed by atoms with Crippen LogP contribution < -0.4 is 20.1 Å². The molecule has 0 saturated carbocycles. The summed E-state index contributed by atoms with van der Waals surface area (Å²) >= 11 is 0. The van der Waals surface area contributed by atoms with Crippen LogP contribution in [0.1, 0.15) is 11.7 Å². The quantitative estimate of drug-likeness (QED) is 0.559. The van der Waals surface area contributed by atoms with Crippen molar-refractivity contribution in [3.8, 4) is 11.5 Å². The Morgan fingerprint density at radius 2 is 1.69 bits per heavy atom. The molecule has 3 aromatic rings. The van der Waals surface area contributed by atoms with E-state index in [9.17, 15) is 14.7 Å². The van der Waals surface area contributed by atoms with Gasteiger partial charge in [-0.3, -0.25) is 9.59 Å². The maximum absolute atomic E-state index is 12.2. The van der Waals surface area contributed by atoms with Crippen molar-refractivity contribution in [1.29, 1.82) is 0 Å². The summed E-state index contributed by atoms with van der Waals surface area (Å²) in [5.41, 5.74) is 0.959. The number of ether oxygens (including phenoxy) is 2. The van der Waals surface area contributed by atoms with Gasteiger partial charge in [0.2, 0.25) is 0 Å². The van der Waals surface area contributed by atoms with E-state index in [1.165, 1.54) is 14.2 Å². The number of benzene rings is 3. The number of carbonyl (C=O) groups is 2. The van der Waals surface area contributed by atoms with Crippen molar-refractivity contribution in [2.24, 2.45) is 0 Å². The molecule has 0 aliphatic heterocycles. The number of hydrogen-bond acceptors (Lipinski definition) is 5. The highest BCUT2D eigenvalue weighted by atomic mass is 16.5. The van der Waals surface area contributed by atoms with E-state index in [-0.39, 0.29) is 6.54 Å². The minimum atomic E-state index is -0.942. The number of carbonyl (C=O) groups excluding carboxylic acids is 2. The fourth-order valence-corrected chi connectivity index (χ4v) is 2.89. The van der Waals surface area contributed by atoms with E-state index in [4.69, 9.17) is 9.47 Å². The van der Waals surface area contributed by atoms with Crippen LogP contribution in [0, 0.1) is 0 Å². The predicted molar refractivity (Wildman–Crippen MR) is 110 cm³/mol. The Morgan fingerprint density at radius 3 is 2.41 bits per heavy atom. The third kappa shape index (κ3) is 4.83. The molecule has 0 aliphatic rings. The first kappa shape index (κ1) is 20.2. The zero-order valence-electron chi connectivity index (χ0n) is 16.1. The SMILES string of the molecule is COc1ccc(OC)c(NC(=O)C(=O)NCC(O)c2ccc3ccccc3c2)c1. The molecular weight excluding hydrogens is 372 g/mol. The maximum Gasteiger partial charge on any atom is 0.313 e. The van der Waals surface area contributed by atoms with Crippen molar-refractivity contribution in [3.63, 3.8) is 0 Å². The highest BCUT2D eigenvalue weighted by Crippen LogP contribution is 2.28. The van der Waals surface area contributed by atoms with Gasteiger partial charge >= 0.3 is 11.8 Å². The number of aliphatic hydroxyl groups excluding tert-OH is 1. The van der Waals surface area contributed by atoms with E-state index in [1.807, 2.05) is 36.4 Å². The molecule has 3 rings (SSSR count). The number of nitrogens with one attached hydrogen (secondary N) is 2. The third-order valence-corrected chi connectivity index (χ3v) is 4.48. The summed E-state index contributed by atoms with van der Waals surface area (Å²) in [5.74, 6) is -0.839. The van der Waals surface area contributed by atoms with Gasteiger partial charge in [-0.05, 0) is 34.5 Å². The number of methoxy groups -OCH3 is 2. The molecule has 3 N–H and O–H groups in total. The second-order valence-corrected chi connectivity index (χ2v) is 6.35. The first-order valence-corrected chi connectivity index (χ1v) is 9.00. The monoisotopic (exact) mass is 394 g/mol. The second kappa shape index (κ2) is 9.07. The Bertz CT molecular complexity index is 1030. The van der Waals surface area contributed by atoms with Gasteiger partial charge in [-0.1, -0.05) is 36.4 Å². The number of aliphatic hydroxyl groups is 1. The molecule has 29 heavy (non-hydrogen) atoms. The molecule has 150 valence electrons. The summed E-state index contributed by atoms with van der Waals surface area (Å²) in [7, 11) is 2.95. The fraction of sp³-hybridized carbons (Fsp3) is 0.182. The van der Waals surface area contributed by atoms with E-state index < -0.39 is 17.9 Å². The van der Waals surface area contributed by atoms with Gasteiger partial charge in [-0.25, -0.2) is 0 Å². The van der Waals surface area contributed by atoms with Crippen LogP contribution in [0.4, 0.5) is 5.69 Å². The highest BCUT2D eigenvalue weighted by molar-refractivity contribution is 6.39. The number of hydrogen-bond donors (Lipinski definition) is 3. The van der Waals surface area contributed by atoms with Gasteiger partial charge in [0.15, 0.2) is 0 Å². The molecule has 0 heterocycles. The van der Waals surface area contributed by atoms with E-state index in [2.05, 4.69) is 10.6 Å². The molecule has 0 spiro atoms. The van der Waals surface area contributed by atoms with Crippen LogP contribution >= 0.6 is 0 Å². The first-order chi connectivity index (χ1) is 14.0. The van der Waals surface area contributed by atoms with Crippen LogP contribution in [0.3, 0.4) is 0 Å². The van der Waals surface area contributed by atoms with Crippen molar-refractivity contribution in [1.82, 2.24) is 5.32 Å². The lowest BCUT2D eigenvalue weighted by molar-refractivity contribution is -0.136. The molecule has 0 bridgehead atoms. The van der Waals surface area contributed by atoms with Crippen LogP contribution in [-0.4, -0.2) is 37.7 Å². The Hall–Kier alpha value is -3.58. The lowest BCUT2D eigenvalue weighted by Gasteiger charge is -2.14. The molecular formula is C22H22N2O5. The van der Waals surface area contributed by atoms with Crippen LogP contribution in [0.15, 0.2) is 60.7 Å². The fourth-order valence-electron chi connectivity index (χ4n) is 2.89. The average Bonchev–Trinajstić information content (AvgIpc) is 2.76. The second-order valence-electron chi connectivity index (χ2n) is 6.35. The molecule has 0 radical (unpaired) electrons. The first-order valence-electron chi connectivity index (χ1n) is 9.00. The summed E-state index contributed by atoms with van der Waals surface area (Å²) in [5, 5.41) is 17.3. The standard InChI is InChI=1S/C22H22N2O5/c1-28-17-9-10-20(29-2)18(12-17)24-22(27)21(26)23-13-19(25)16-8-7-14-5-3-4-6-15(14)11-16/h3-12,19,25H,13H2,1-2H3,(H,23,26)(H,24,27). The lowest BCUT2D eigenvalue weighted by Crippen LogP contribution is -2.37. The molecule has 0 saturated heterocycles. The van der Waals surface area contributed by atoms with Crippen molar-refractivity contribution in [3.05, 3.63) is 66.2 Å². The normalized spacial score (nSPS) is 11.6. The van der Waals surface area contributed by atoms with Crippen LogP contribution in [0.25, 0.3) is 10.8 Å². The van der Waals surface area contributed by atoms with Gasteiger partial charge in [-0.15, -0.1) is 0 Å². The van der Waals surface area contributed by atoms with Crippen molar-refractivity contribution in [2.45, 2.75) is 6.10 Å². The van der Waals surface area contributed by atoms with Gasteiger partial charge in [0.1, 0.15) is 11.5 Å². The zero-order valence-corrected chi connectivity index (χ0v) is 16.1. The number of anilines is 1.